The van der Waals surface area contributed by atoms with E-state index < -0.39 is 0 Å². The molecule has 0 radical (unpaired) electrons. The van der Waals surface area contributed by atoms with E-state index in [1.54, 1.807) is 6.07 Å². The van der Waals surface area contributed by atoms with Crippen molar-refractivity contribution in [1.82, 2.24) is 5.32 Å². The predicted molar refractivity (Wildman–Crippen MR) is 101 cm³/mol. The molecule has 1 aliphatic rings. The molecule has 0 aromatic heterocycles. The lowest BCUT2D eigenvalue weighted by atomic mass is 9.83. The minimum absolute atomic E-state index is 0.0355. The number of hydrogen-bond acceptors (Lipinski definition) is 3. The number of allylic oxidation sites excluding steroid dienone is 2. The summed E-state index contributed by atoms with van der Waals surface area (Å²) in [5.74, 6) is -0.239. The van der Waals surface area contributed by atoms with Crippen LogP contribution in [-0.2, 0) is 6.42 Å². The Morgan fingerprint density at radius 2 is 2.04 bits per heavy atom. The Balaban J connectivity index is 2.49. The van der Waals surface area contributed by atoms with Gasteiger partial charge in [0, 0.05) is 18.0 Å². The van der Waals surface area contributed by atoms with Crippen LogP contribution in [-0.4, -0.2) is 22.7 Å². The first kappa shape index (κ1) is 19.4. The van der Waals surface area contributed by atoms with Crippen LogP contribution in [0.3, 0.4) is 0 Å². The van der Waals surface area contributed by atoms with E-state index in [-0.39, 0.29) is 23.3 Å². The van der Waals surface area contributed by atoms with Crippen molar-refractivity contribution in [2.45, 2.75) is 71.6 Å². The molecule has 1 aliphatic carbocycles. The van der Waals surface area contributed by atoms with Gasteiger partial charge in [0.1, 0.15) is 11.5 Å². The van der Waals surface area contributed by atoms with Gasteiger partial charge in [-0.15, -0.1) is 0 Å². The number of amides is 1. The fraction of sp³-hybridized carbons (Fsp3) is 0.571. The lowest BCUT2D eigenvalue weighted by Crippen LogP contribution is -2.24. The Morgan fingerprint density at radius 1 is 1.28 bits per heavy atom. The smallest absolute Gasteiger partial charge is 0.255 e. The third kappa shape index (κ3) is 4.56. The van der Waals surface area contributed by atoms with Gasteiger partial charge in [0.15, 0.2) is 0 Å². The Hall–Kier alpha value is -1.97. The summed E-state index contributed by atoms with van der Waals surface area (Å²) in [5.41, 5.74) is 2.83. The molecule has 0 saturated carbocycles. The molecule has 1 unspecified atom stereocenters. The standard InChI is InChI=1S/C21H31NO3/c1-4-6-7-10-16-13-17(23)18(15-11-8-9-14(3)12-15)20(24)19(16)21(25)22-5-2/h12-13,15,23-24H,4-11H2,1-3H3,(H,22,25). The van der Waals surface area contributed by atoms with Crippen molar-refractivity contribution in [3.63, 3.8) is 0 Å². The second-order valence-electron chi connectivity index (χ2n) is 7.02. The third-order valence-corrected chi connectivity index (χ3v) is 4.96. The zero-order chi connectivity index (χ0) is 18.4. The number of aryl methyl sites for hydroxylation is 1. The fourth-order valence-corrected chi connectivity index (χ4v) is 3.69. The Morgan fingerprint density at radius 3 is 2.68 bits per heavy atom. The normalized spacial score (nSPS) is 17.2. The van der Waals surface area contributed by atoms with Gasteiger partial charge in [0.25, 0.3) is 5.91 Å². The van der Waals surface area contributed by atoms with E-state index >= 15 is 0 Å². The summed E-state index contributed by atoms with van der Waals surface area (Å²) < 4.78 is 0. The number of unbranched alkanes of at least 4 members (excludes halogenated alkanes) is 2. The molecular weight excluding hydrogens is 314 g/mol. The Labute approximate surface area is 151 Å². The molecule has 0 fully saturated rings. The highest BCUT2D eigenvalue weighted by atomic mass is 16.3. The van der Waals surface area contributed by atoms with E-state index in [1.807, 2.05) is 6.92 Å². The molecule has 0 saturated heterocycles. The summed E-state index contributed by atoms with van der Waals surface area (Å²) in [4.78, 5) is 12.6. The molecule has 1 aromatic rings. The molecule has 1 aromatic carbocycles. The van der Waals surface area contributed by atoms with Gasteiger partial charge in [-0.3, -0.25) is 4.79 Å². The number of benzene rings is 1. The van der Waals surface area contributed by atoms with Crippen molar-refractivity contribution in [2.24, 2.45) is 0 Å². The molecule has 25 heavy (non-hydrogen) atoms. The Kier molecular flexibility index (Phi) is 6.91. The second kappa shape index (κ2) is 8.93. The topological polar surface area (TPSA) is 69.6 Å². The minimum Gasteiger partial charge on any atom is -0.507 e. The lowest BCUT2D eigenvalue weighted by molar-refractivity contribution is 0.0952. The average molecular weight is 345 g/mol. The quantitative estimate of drug-likeness (QED) is 0.491. The summed E-state index contributed by atoms with van der Waals surface area (Å²) in [6.07, 6.45) is 8.82. The summed E-state index contributed by atoms with van der Waals surface area (Å²) in [6.45, 7) is 6.57. The number of hydrogen-bond donors (Lipinski definition) is 3. The largest absolute Gasteiger partial charge is 0.507 e. The van der Waals surface area contributed by atoms with Gasteiger partial charge in [-0.1, -0.05) is 31.4 Å². The molecule has 0 aliphatic heterocycles. The summed E-state index contributed by atoms with van der Waals surface area (Å²) in [5, 5.41) is 24.3. The zero-order valence-electron chi connectivity index (χ0n) is 15.7. The van der Waals surface area contributed by atoms with Crippen LogP contribution >= 0.6 is 0 Å². The summed E-state index contributed by atoms with van der Waals surface area (Å²) in [7, 11) is 0. The van der Waals surface area contributed by atoms with Gasteiger partial charge < -0.3 is 15.5 Å². The van der Waals surface area contributed by atoms with Crippen LogP contribution in [0, 0.1) is 0 Å². The Bertz CT molecular complexity index is 649. The van der Waals surface area contributed by atoms with Crippen molar-refractivity contribution in [3.05, 3.63) is 34.4 Å². The highest BCUT2D eigenvalue weighted by Crippen LogP contribution is 2.43. The van der Waals surface area contributed by atoms with Crippen molar-refractivity contribution < 1.29 is 15.0 Å². The van der Waals surface area contributed by atoms with Crippen molar-refractivity contribution in [2.75, 3.05) is 6.54 Å². The number of phenolic OH excluding ortho intramolecular Hbond substituents is 2. The summed E-state index contributed by atoms with van der Waals surface area (Å²) >= 11 is 0. The van der Waals surface area contributed by atoms with Gasteiger partial charge in [-0.2, -0.15) is 0 Å². The van der Waals surface area contributed by atoms with Crippen LogP contribution < -0.4 is 5.32 Å². The number of aromatic hydroxyl groups is 2. The molecule has 3 N–H and O–H groups in total. The SMILES string of the molecule is CCCCCc1cc(O)c(C2C=C(C)CCC2)c(O)c1C(=O)NCC. The first-order chi connectivity index (χ1) is 12.0. The molecule has 2 rings (SSSR count). The lowest BCUT2D eigenvalue weighted by Gasteiger charge is -2.24. The van der Waals surface area contributed by atoms with E-state index in [1.165, 1.54) is 5.57 Å². The third-order valence-electron chi connectivity index (χ3n) is 4.96. The number of carbonyl (C=O) groups is 1. The molecule has 4 nitrogen and oxygen atoms in total. The van der Waals surface area contributed by atoms with Crippen LogP contribution in [0.15, 0.2) is 17.7 Å². The molecule has 0 spiro atoms. The van der Waals surface area contributed by atoms with Gasteiger partial charge in [0.2, 0.25) is 0 Å². The molecule has 1 amide bonds. The highest BCUT2D eigenvalue weighted by molar-refractivity contribution is 5.99. The van der Waals surface area contributed by atoms with E-state index in [4.69, 9.17) is 0 Å². The maximum absolute atomic E-state index is 12.6. The zero-order valence-corrected chi connectivity index (χ0v) is 15.7. The summed E-state index contributed by atoms with van der Waals surface area (Å²) in [6, 6.07) is 1.69. The number of rotatable bonds is 7. The number of carbonyl (C=O) groups excluding carboxylic acids is 1. The minimum atomic E-state index is -0.260. The van der Waals surface area contributed by atoms with Gasteiger partial charge in [-0.25, -0.2) is 0 Å². The van der Waals surface area contributed by atoms with E-state index in [9.17, 15) is 15.0 Å². The van der Waals surface area contributed by atoms with Crippen molar-refractivity contribution in [1.29, 1.82) is 0 Å². The number of phenols is 2. The molecule has 1 atom stereocenters. The van der Waals surface area contributed by atoms with E-state index in [2.05, 4.69) is 25.2 Å². The van der Waals surface area contributed by atoms with Crippen molar-refractivity contribution >= 4 is 5.91 Å². The van der Waals surface area contributed by atoms with Crippen molar-refractivity contribution in [3.8, 4) is 11.5 Å². The maximum Gasteiger partial charge on any atom is 0.255 e. The maximum atomic E-state index is 12.6. The average Bonchev–Trinajstić information content (AvgIpc) is 2.55. The first-order valence-electron chi connectivity index (χ1n) is 9.52. The van der Waals surface area contributed by atoms with Crippen LogP contribution in [0.4, 0.5) is 0 Å². The van der Waals surface area contributed by atoms with Crippen LogP contribution in [0.2, 0.25) is 0 Å². The molecule has 0 heterocycles. The fourth-order valence-electron chi connectivity index (χ4n) is 3.69. The predicted octanol–water partition coefficient (Wildman–Crippen LogP) is 4.79. The molecule has 4 heteroatoms. The first-order valence-corrected chi connectivity index (χ1v) is 9.52. The van der Waals surface area contributed by atoms with Crippen LogP contribution in [0.1, 0.15) is 86.7 Å². The monoisotopic (exact) mass is 345 g/mol. The van der Waals surface area contributed by atoms with Gasteiger partial charge in [-0.05, 0) is 57.6 Å². The van der Waals surface area contributed by atoms with E-state index in [0.717, 1.165) is 44.1 Å². The molecule has 0 bridgehead atoms. The van der Waals surface area contributed by atoms with Gasteiger partial charge in [0.05, 0.1) is 5.56 Å². The van der Waals surface area contributed by atoms with Gasteiger partial charge >= 0.3 is 0 Å². The van der Waals surface area contributed by atoms with E-state index in [0.29, 0.717) is 24.1 Å². The highest BCUT2D eigenvalue weighted by Gasteiger charge is 2.27. The molecular formula is C21H31NO3. The molecule has 138 valence electrons. The van der Waals surface area contributed by atoms with Crippen LogP contribution in [0.5, 0.6) is 11.5 Å². The second-order valence-corrected chi connectivity index (χ2v) is 7.02. The van der Waals surface area contributed by atoms with Crippen LogP contribution in [0.25, 0.3) is 0 Å². The number of nitrogens with one attached hydrogen (secondary N) is 1.